The Balaban J connectivity index is 1.52. The largest absolute Gasteiger partial charge is 0.420 e. The van der Waals surface area contributed by atoms with E-state index in [1.54, 1.807) is 35.2 Å². The van der Waals surface area contributed by atoms with E-state index in [0.29, 0.717) is 17.2 Å². The topological polar surface area (TPSA) is 65.8 Å². The van der Waals surface area contributed by atoms with E-state index in [0.717, 1.165) is 33.6 Å². The zero-order chi connectivity index (χ0) is 19.3. The Morgan fingerprint density at radius 1 is 1.07 bits per heavy atom. The van der Waals surface area contributed by atoms with Crippen LogP contribution in [0.2, 0.25) is 5.02 Å². The van der Waals surface area contributed by atoms with Crippen LogP contribution in [-0.2, 0) is 6.54 Å². The van der Waals surface area contributed by atoms with Crippen LogP contribution in [0.1, 0.15) is 11.4 Å². The van der Waals surface area contributed by atoms with Crippen molar-refractivity contribution in [1.82, 2.24) is 19.1 Å². The lowest BCUT2D eigenvalue weighted by atomic mass is 10.2. The van der Waals surface area contributed by atoms with Crippen molar-refractivity contribution in [3.8, 4) is 5.69 Å². The molecule has 5 aromatic rings. The van der Waals surface area contributed by atoms with E-state index in [9.17, 15) is 4.79 Å². The van der Waals surface area contributed by atoms with Crippen molar-refractivity contribution < 1.29 is 4.42 Å². The molecule has 0 aliphatic carbocycles. The van der Waals surface area contributed by atoms with Gasteiger partial charge in [0, 0.05) is 23.0 Å². The first-order valence-corrected chi connectivity index (χ1v) is 9.15. The Morgan fingerprint density at radius 3 is 2.71 bits per heavy atom. The van der Waals surface area contributed by atoms with E-state index >= 15 is 0 Å². The SMILES string of the molecule is Cc1nc2cnccc2n1-c1ccc(Cn2c(=O)oc3cc(Cl)ccc32)cc1. The standard InChI is InChI=1S/C21H15ClN4O2/c1-13-24-17-11-23-9-8-18(17)26(13)16-5-2-14(3-6-16)12-25-19-7-4-15(22)10-20(19)28-21(25)27/h2-11H,12H2,1H3. The minimum Gasteiger partial charge on any atom is -0.408 e. The van der Waals surface area contributed by atoms with Crippen molar-refractivity contribution in [1.29, 1.82) is 0 Å². The number of imidazole rings is 1. The molecule has 0 spiro atoms. The Bertz CT molecular complexity index is 1380. The smallest absolute Gasteiger partial charge is 0.408 e. The molecule has 0 aliphatic heterocycles. The lowest BCUT2D eigenvalue weighted by molar-refractivity contribution is 0.517. The average Bonchev–Trinajstić information content (AvgIpc) is 3.18. The average molecular weight is 391 g/mol. The lowest BCUT2D eigenvalue weighted by Gasteiger charge is -2.09. The summed E-state index contributed by atoms with van der Waals surface area (Å²) >= 11 is 5.98. The van der Waals surface area contributed by atoms with E-state index in [4.69, 9.17) is 16.0 Å². The molecular weight excluding hydrogens is 376 g/mol. The summed E-state index contributed by atoms with van der Waals surface area (Å²) in [5, 5.41) is 0.538. The summed E-state index contributed by atoms with van der Waals surface area (Å²) in [6.07, 6.45) is 3.52. The zero-order valence-corrected chi connectivity index (χ0v) is 15.7. The number of aromatic nitrogens is 4. The van der Waals surface area contributed by atoms with Gasteiger partial charge in [0.05, 0.1) is 23.8 Å². The summed E-state index contributed by atoms with van der Waals surface area (Å²) in [5.41, 5.74) is 5.08. The van der Waals surface area contributed by atoms with E-state index < -0.39 is 5.76 Å². The first kappa shape index (κ1) is 16.8. The molecule has 0 bridgehead atoms. The number of halogens is 1. The molecule has 138 valence electrons. The number of hydrogen-bond donors (Lipinski definition) is 0. The Morgan fingerprint density at radius 2 is 1.89 bits per heavy atom. The maximum absolute atomic E-state index is 12.2. The van der Waals surface area contributed by atoms with Crippen LogP contribution in [0.15, 0.2) is 70.1 Å². The molecule has 0 saturated carbocycles. The van der Waals surface area contributed by atoms with Gasteiger partial charge < -0.3 is 4.42 Å². The third-order valence-corrected chi connectivity index (χ3v) is 5.03. The van der Waals surface area contributed by atoms with Crippen molar-refractivity contribution in [2.75, 3.05) is 0 Å². The molecule has 0 N–H and O–H groups in total. The van der Waals surface area contributed by atoms with E-state index in [-0.39, 0.29) is 0 Å². The van der Waals surface area contributed by atoms with E-state index in [1.165, 1.54) is 0 Å². The Labute approximate surface area is 164 Å². The van der Waals surface area contributed by atoms with Crippen LogP contribution in [0.5, 0.6) is 0 Å². The molecule has 0 saturated heterocycles. The Kier molecular flexibility index (Phi) is 3.80. The predicted octanol–water partition coefficient (Wildman–Crippen LogP) is 4.34. The molecule has 3 heterocycles. The first-order valence-electron chi connectivity index (χ1n) is 8.77. The second kappa shape index (κ2) is 6.35. The summed E-state index contributed by atoms with van der Waals surface area (Å²) in [7, 11) is 0. The number of benzene rings is 2. The quantitative estimate of drug-likeness (QED) is 0.459. The third kappa shape index (κ3) is 2.70. The van der Waals surface area contributed by atoms with E-state index in [2.05, 4.69) is 14.5 Å². The normalized spacial score (nSPS) is 11.5. The van der Waals surface area contributed by atoms with Crippen molar-refractivity contribution in [3.05, 3.63) is 87.9 Å². The van der Waals surface area contributed by atoms with Crippen molar-refractivity contribution in [3.63, 3.8) is 0 Å². The number of fused-ring (bicyclic) bond motifs is 2. The fraction of sp³-hybridized carbons (Fsp3) is 0.0952. The molecule has 7 heteroatoms. The molecule has 5 rings (SSSR count). The van der Waals surface area contributed by atoms with Gasteiger partial charge in [0.25, 0.3) is 0 Å². The molecule has 0 unspecified atom stereocenters. The summed E-state index contributed by atoms with van der Waals surface area (Å²) in [6.45, 7) is 2.39. The molecule has 0 amide bonds. The molecular formula is C21H15ClN4O2. The highest BCUT2D eigenvalue weighted by Crippen LogP contribution is 2.22. The van der Waals surface area contributed by atoms with Crippen molar-refractivity contribution in [2.45, 2.75) is 13.5 Å². The number of nitrogens with zero attached hydrogens (tertiary/aromatic N) is 4. The molecule has 2 aromatic carbocycles. The molecule has 0 atom stereocenters. The minimum absolute atomic E-state index is 0.398. The van der Waals surface area contributed by atoms with Gasteiger partial charge in [0.1, 0.15) is 11.3 Å². The Hall–Kier alpha value is -3.38. The van der Waals surface area contributed by atoms with E-state index in [1.807, 2.05) is 37.3 Å². The van der Waals surface area contributed by atoms with Gasteiger partial charge >= 0.3 is 5.76 Å². The van der Waals surface area contributed by atoms with Crippen LogP contribution in [0.25, 0.3) is 27.8 Å². The van der Waals surface area contributed by atoms with Crippen LogP contribution >= 0.6 is 11.6 Å². The van der Waals surface area contributed by atoms with Crippen molar-refractivity contribution >= 4 is 33.7 Å². The van der Waals surface area contributed by atoms with Crippen LogP contribution in [0.4, 0.5) is 0 Å². The maximum atomic E-state index is 12.2. The first-order chi connectivity index (χ1) is 13.6. The van der Waals surface area contributed by atoms with Gasteiger partial charge in [-0.15, -0.1) is 0 Å². The summed E-state index contributed by atoms with van der Waals surface area (Å²) in [4.78, 5) is 20.9. The number of rotatable bonds is 3. The van der Waals surface area contributed by atoms with Gasteiger partial charge in [-0.3, -0.25) is 14.1 Å². The number of hydrogen-bond acceptors (Lipinski definition) is 4. The van der Waals surface area contributed by atoms with Crippen molar-refractivity contribution in [2.24, 2.45) is 0 Å². The van der Waals surface area contributed by atoms with Crippen LogP contribution in [-0.4, -0.2) is 19.1 Å². The molecule has 28 heavy (non-hydrogen) atoms. The molecule has 6 nitrogen and oxygen atoms in total. The highest BCUT2D eigenvalue weighted by molar-refractivity contribution is 6.31. The van der Waals surface area contributed by atoms with Gasteiger partial charge in [-0.05, 0) is 42.8 Å². The maximum Gasteiger partial charge on any atom is 0.420 e. The van der Waals surface area contributed by atoms with Gasteiger partial charge in [-0.1, -0.05) is 23.7 Å². The predicted molar refractivity (Wildman–Crippen MR) is 108 cm³/mol. The van der Waals surface area contributed by atoms with Crippen LogP contribution in [0.3, 0.4) is 0 Å². The molecule has 0 aliphatic rings. The molecule has 0 radical (unpaired) electrons. The second-order valence-corrected chi connectivity index (χ2v) is 7.03. The molecule has 0 fully saturated rings. The van der Waals surface area contributed by atoms with Gasteiger partial charge in [0.2, 0.25) is 0 Å². The second-order valence-electron chi connectivity index (χ2n) is 6.59. The highest BCUT2D eigenvalue weighted by atomic mass is 35.5. The van der Waals surface area contributed by atoms with Crippen LogP contribution in [0, 0.1) is 6.92 Å². The fourth-order valence-corrected chi connectivity index (χ4v) is 3.66. The third-order valence-electron chi connectivity index (χ3n) is 4.79. The fourth-order valence-electron chi connectivity index (χ4n) is 3.50. The number of oxazole rings is 1. The zero-order valence-electron chi connectivity index (χ0n) is 15.0. The van der Waals surface area contributed by atoms with Gasteiger partial charge in [-0.25, -0.2) is 9.78 Å². The van der Waals surface area contributed by atoms with Crippen LogP contribution < -0.4 is 5.76 Å². The van der Waals surface area contributed by atoms with Gasteiger partial charge in [-0.2, -0.15) is 0 Å². The summed E-state index contributed by atoms with van der Waals surface area (Å²) < 4.78 is 8.99. The number of pyridine rings is 1. The minimum atomic E-state index is -0.398. The highest BCUT2D eigenvalue weighted by Gasteiger charge is 2.12. The summed E-state index contributed by atoms with van der Waals surface area (Å²) in [6, 6.07) is 15.2. The van der Waals surface area contributed by atoms with Gasteiger partial charge in [0.15, 0.2) is 5.58 Å². The number of aryl methyl sites for hydroxylation is 1. The summed E-state index contributed by atoms with van der Waals surface area (Å²) in [5.74, 6) is 0.495. The lowest BCUT2D eigenvalue weighted by Crippen LogP contribution is -2.14. The molecule has 3 aromatic heterocycles. The monoisotopic (exact) mass is 390 g/mol.